The molecule has 0 atom stereocenters. The fraction of sp³-hybridized carbons (Fsp3) is 0.294. The van der Waals surface area contributed by atoms with Gasteiger partial charge in [-0.1, -0.05) is 6.08 Å². The molecule has 0 saturated heterocycles. The van der Waals surface area contributed by atoms with Crippen molar-refractivity contribution in [3.63, 3.8) is 0 Å². The molecular weight excluding hydrogens is 298 g/mol. The van der Waals surface area contributed by atoms with Crippen LogP contribution in [0.1, 0.15) is 27.7 Å². The van der Waals surface area contributed by atoms with Crippen LogP contribution in [0.15, 0.2) is 22.6 Å². The third-order valence-corrected chi connectivity index (χ3v) is 3.24. The minimum absolute atomic E-state index is 0.242. The molecule has 0 saturated carbocycles. The number of aryl methyl sites for hydroxylation is 2. The average Bonchev–Trinajstić information content (AvgIpc) is 2.89. The number of ketones is 1. The zero-order chi connectivity index (χ0) is 17.0. The van der Waals surface area contributed by atoms with Crippen molar-refractivity contribution < 1.29 is 23.4 Å². The fourth-order valence-corrected chi connectivity index (χ4v) is 2.21. The second-order valence-electron chi connectivity index (χ2n) is 4.80. The van der Waals surface area contributed by atoms with Crippen LogP contribution in [-0.4, -0.2) is 32.1 Å². The number of benzene rings is 1. The van der Waals surface area contributed by atoms with E-state index in [0.717, 1.165) is 5.56 Å². The molecule has 1 heterocycles. The smallest absolute Gasteiger partial charge is 0.223 e. The number of carbonyl (C=O) groups excluding carboxylic acids is 1. The van der Waals surface area contributed by atoms with Gasteiger partial charge in [0.2, 0.25) is 11.5 Å². The van der Waals surface area contributed by atoms with Gasteiger partial charge in [0.25, 0.3) is 0 Å². The molecular formula is C17H19NO5. The van der Waals surface area contributed by atoms with Crippen molar-refractivity contribution in [3.8, 4) is 17.2 Å². The molecule has 0 aliphatic rings. The first-order chi connectivity index (χ1) is 11.0. The van der Waals surface area contributed by atoms with Gasteiger partial charge in [0.05, 0.1) is 27.0 Å². The average molecular weight is 317 g/mol. The van der Waals surface area contributed by atoms with Gasteiger partial charge in [-0.15, -0.1) is 0 Å². The van der Waals surface area contributed by atoms with Gasteiger partial charge in [0.15, 0.2) is 23.1 Å². The first-order valence-corrected chi connectivity index (χ1v) is 6.96. The van der Waals surface area contributed by atoms with E-state index in [9.17, 15) is 4.79 Å². The molecule has 0 fully saturated rings. The first kappa shape index (κ1) is 16.6. The van der Waals surface area contributed by atoms with E-state index in [2.05, 4.69) is 4.98 Å². The third-order valence-electron chi connectivity index (χ3n) is 3.24. The van der Waals surface area contributed by atoms with Crippen molar-refractivity contribution in [1.29, 1.82) is 0 Å². The van der Waals surface area contributed by atoms with Crippen molar-refractivity contribution in [1.82, 2.24) is 4.98 Å². The van der Waals surface area contributed by atoms with Crippen LogP contribution < -0.4 is 14.2 Å². The van der Waals surface area contributed by atoms with Crippen LogP contribution in [0.5, 0.6) is 17.2 Å². The van der Waals surface area contributed by atoms with Gasteiger partial charge in [-0.25, -0.2) is 4.98 Å². The summed E-state index contributed by atoms with van der Waals surface area (Å²) in [5, 5.41) is 0. The Hall–Kier alpha value is -2.76. The van der Waals surface area contributed by atoms with Gasteiger partial charge in [0.1, 0.15) is 0 Å². The normalized spacial score (nSPS) is 10.8. The third kappa shape index (κ3) is 3.53. The number of hydrogen-bond acceptors (Lipinski definition) is 6. The summed E-state index contributed by atoms with van der Waals surface area (Å²) in [5.74, 6) is 1.99. The van der Waals surface area contributed by atoms with E-state index in [1.165, 1.54) is 27.4 Å². The standard InChI is InChI=1S/C17H19NO5/c1-10-16(23-11(2)18-10)13(19)7-6-12-8-14(20-3)17(22-5)15(9-12)21-4/h6-9H,1-5H3/b7-6-. The summed E-state index contributed by atoms with van der Waals surface area (Å²) in [5.41, 5.74) is 1.31. The van der Waals surface area contributed by atoms with E-state index in [4.69, 9.17) is 18.6 Å². The van der Waals surface area contributed by atoms with Gasteiger partial charge in [-0.05, 0) is 30.7 Å². The summed E-state index contributed by atoms with van der Waals surface area (Å²) < 4.78 is 21.1. The minimum Gasteiger partial charge on any atom is -0.493 e. The summed E-state index contributed by atoms with van der Waals surface area (Å²) in [7, 11) is 4.61. The van der Waals surface area contributed by atoms with E-state index < -0.39 is 0 Å². The number of ether oxygens (including phenoxy) is 3. The molecule has 0 aliphatic heterocycles. The lowest BCUT2D eigenvalue weighted by molar-refractivity contribution is 0.102. The Bertz CT molecular complexity index is 720. The number of oxazole rings is 1. The molecule has 0 unspecified atom stereocenters. The van der Waals surface area contributed by atoms with Gasteiger partial charge in [0, 0.05) is 6.92 Å². The molecule has 6 nitrogen and oxygen atoms in total. The lowest BCUT2D eigenvalue weighted by Gasteiger charge is -2.12. The molecule has 1 aromatic heterocycles. The number of nitrogens with zero attached hydrogens (tertiary/aromatic N) is 1. The van der Waals surface area contributed by atoms with Gasteiger partial charge >= 0.3 is 0 Å². The summed E-state index contributed by atoms with van der Waals surface area (Å²) in [4.78, 5) is 16.3. The second kappa shape index (κ2) is 7.00. The number of aromatic nitrogens is 1. The Balaban J connectivity index is 2.32. The molecule has 0 N–H and O–H groups in total. The van der Waals surface area contributed by atoms with E-state index in [1.54, 1.807) is 32.1 Å². The maximum atomic E-state index is 12.2. The van der Waals surface area contributed by atoms with Gasteiger partial charge < -0.3 is 18.6 Å². The highest BCUT2D eigenvalue weighted by Gasteiger charge is 2.14. The van der Waals surface area contributed by atoms with Crippen LogP contribution in [0.2, 0.25) is 0 Å². The van der Waals surface area contributed by atoms with Crippen LogP contribution >= 0.6 is 0 Å². The minimum atomic E-state index is -0.253. The number of hydrogen-bond donors (Lipinski definition) is 0. The molecule has 2 aromatic rings. The predicted molar refractivity (Wildman–Crippen MR) is 85.4 cm³/mol. The maximum absolute atomic E-state index is 12.2. The van der Waals surface area contributed by atoms with Crippen LogP contribution in [-0.2, 0) is 0 Å². The second-order valence-corrected chi connectivity index (χ2v) is 4.80. The summed E-state index contributed by atoms with van der Waals surface area (Å²) >= 11 is 0. The predicted octanol–water partition coefficient (Wildman–Crippen LogP) is 3.21. The quantitative estimate of drug-likeness (QED) is 0.602. The summed E-state index contributed by atoms with van der Waals surface area (Å²) in [6, 6.07) is 3.51. The highest BCUT2D eigenvalue weighted by molar-refractivity contribution is 6.05. The Morgan fingerprint density at radius 1 is 1.09 bits per heavy atom. The molecule has 122 valence electrons. The molecule has 6 heteroatoms. The van der Waals surface area contributed by atoms with E-state index in [1.807, 2.05) is 0 Å². The zero-order valence-electron chi connectivity index (χ0n) is 13.8. The first-order valence-electron chi connectivity index (χ1n) is 6.96. The number of allylic oxidation sites excluding steroid dienone is 1. The van der Waals surface area contributed by atoms with Crippen molar-refractivity contribution in [3.05, 3.63) is 41.1 Å². The zero-order valence-corrected chi connectivity index (χ0v) is 13.8. The van der Waals surface area contributed by atoms with Crippen molar-refractivity contribution >= 4 is 11.9 Å². The van der Waals surface area contributed by atoms with Crippen molar-refractivity contribution in [2.45, 2.75) is 13.8 Å². The van der Waals surface area contributed by atoms with Crippen LogP contribution in [0.4, 0.5) is 0 Å². The lowest BCUT2D eigenvalue weighted by Crippen LogP contribution is -1.96. The topological polar surface area (TPSA) is 70.8 Å². The summed E-state index contributed by atoms with van der Waals surface area (Å²) in [6.07, 6.45) is 3.08. The fourth-order valence-electron chi connectivity index (χ4n) is 2.21. The summed E-state index contributed by atoms with van der Waals surface area (Å²) in [6.45, 7) is 3.43. The van der Waals surface area contributed by atoms with Crippen LogP contribution in [0, 0.1) is 13.8 Å². The van der Waals surface area contributed by atoms with Crippen molar-refractivity contribution in [2.24, 2.45) is 0 Å². The number of methoxy groups -OCH3 is 3. The number of rotatable bonds is 6. The Morgan fingerprint density at radius 3 is 2.13 bits per heavy atom. The van der Waals surface area contributed by atoms with E-state index in [-0.39, 0.29) is 11.5 Å². The highest BCUT2D eigenvalue weighted by Crippen LogP contribution is 2.38. The molecule has 2 rings (SSSR count). The van der Waals surface area contributed by atoms with Gasteiger partial charge in [-0.2, -0.15) is 0 Å². The van der Waals surface area contributed by atoms with E-state index in [0.29, 0.717) is 28.8 Å². The SMILES string of the molecule is COc1cc(/C=C\C(=O)c2oc(C)nc2C)cc(OC)c1OC. The monoisotopic (exact) mass is 317 g/mol. The highest BCUT2D eigenvalue weighted by atomic mass is 16.5. The molecule has 0 bridgehead atoms. The maximum Gasteiger partial charge on any atom is 0.223 e. The molecule has 0 amide bonds. The van der Waals surface area contributed by atoms with E-state index >= 15 is 0 Å². The molecule has 1 aromatic carbocycles. The molecule has 0 aliphatic carbocycles. The Morgan fingerprint density at radius 2 is 1.70 bits per heavy atom. The Kier molecular flexibility index (Phi) is 5.05. The van der Waals surface area contributed by atoms with Crippen LogP contribution in [0.3, 0.4) is 0 Å². The Labute approximate surface area is 134 Å². The molecule has 0 radical (unpaired) electrons. The van der Waals surface area contributed by atoms with Crippen molar-refractivity contribution in [2.75, 3.05) is 21.3 Å². The molecule has 23 heavy (non-hydrogen) atoms. The lowest BCUT2D eigenvalue weighted by atomic mass is 10.1. The van der Waals surface area contributed by atoms with Gasteiger partial charge in [-0.3, -0.25) is 4.79 Å². The van der Waals surface area contributed by atoms with Crippen LogP contribution in [0.25, 0.3) is 6.08 Å². The molecule has 0 spiro atoms. The number of carbonyl (C=O) groups is 1. The largest absolute Gasteiger partial charge is 0.493 e.